The van der Waals surface area contributed by atoms with E-state index in [1.54, 1.807) is 0 Å². The Hall–Kier alpha value is -2.11. The van der Waals surface area contributed by atoms with E-state index in [2.05, 4.69) is 10.3 Å². The highest BCUT2D eigenvalue weighted by Gasteiger charge is 2.13. The van der Waals surface area contributed by atoms with Crippen LogP contribution in [0.15, 0.2) is 18.3 Å². The Labute approximate surface area is 98.6 Å². The summed E-state index contributed by atoms with van der Waals surface area (Å²) in [6.45, 7) is 2.28. The van der Waals surface area contributed by atoms with E-state index in [9.17, 15) is 9.59 Å². The third-order valence-electron chi connectivity index (χ3n) is 1.99. The number of carboxylic acid groups (broad SMARTS) is 1. The Morgan fingerprint density at radius 1 is 1.53 bits per heavy atom. The van der Waals surface area contributed by atoms with Gasteiger partial charge < -0.3 is 9.84 Å². The van der Waals surface area contributed by atoms with Crippen molar-refractivity contribution in [3.05, 3.63) is 23.9 Å². The highest BCUT2D eigenvalue weighted by atomic mass is 16.5. The van der Waals surface area contributed by atoms with Crippen LogP contribution in [0.25, 0.3) is 0 Å². The van der Waals surface area contributed by atoms with E-state index >= 15 is 0 Å². The van der Waals surface area contributed by atoms with Crippen LogP contribution in [-0.4, -0.2) is 28.8 Å². The minimum Gasteiger partial charge on any atom is -0.478 e. The number of aromatic carboxylic acids is 1. The molecule has 1 rings (SSSR count). The predicted octanol–water partition coefficient (Wildman–Crippen LogP) is 2.13. The molecule has 6 heteroatoms. The maximum atomic E-state index is 11.3. The third kappa shape index (κ3) is 4.10. The molecule has 0 radical (unpaired) electrons. The molecular formula is C11H14N2O4. The summed E-state index contributed by atoms with van der Waals surface area (Å²) in [7, 11) is 0. The molecule has 0 saturated carbocycles. The lowest BCUT2D eigenvalue weighted by Gasteiger charge is -2.07. The lowest BCUT2D eigenvalue weighted by molar-refractivity contribution is 0.0697. The summed E-state index contributed by atoms with van der Waals surface area (Å²) in [4.78, 5) is 25.9. The van der Waals surface area contributed by atoms with E-state index in [4.69, 9.17) is 9.84 Å². The Morgan fingerprint density at radius 2 is 2.29 bits per heavy atom. The smallest absolute Gasteiger partial charge is 0.412 e. The summed E-state index contributed by atoms with van der Waals surface area (Å²) in [5, 5.41) is 11.2. The van der Waals surface area contributed by atoms with Crippen molar-refractivity contribution in [3.63, 3.8) is 0 Å². The van der Waals surface area contributed by atoms with Gasteiger partial charge in [-0.05, 0) is 18.6 Å². The van der Waals surface area contributed by atoms with Crippen LogP contribution < -0.4 is 5.32 Å². The minimum absolute atomic E-state index is 0.0125. The fourth-order valence-corrected chi connectivity index (χ4v) is 1.12. The van der Waals surface area contributed by atoms with Gasteiger partial charge in [-0.25, -0.2) is 14.6 Å². The van der Waals surface area contributed by atoms with E-state index in [-0.39, 0.29) is 11.4 Å². The standard InChI is InChI=1S/C11H14N2O4/c1-2-3-7-17-11(16)13-9-8(10(14)15)5-4-6-12-9/h4-6H,2-3,7H2,1H3,(H,14,15)(H,12,13,16). The van der Waals surface area contributed by atoms with Crippen molar-refractivity contribution < 1.29 is 19.4 Å². The van der Waals surface area contributed by atoms with Crippen LogP contribution in [-0.2, 0) is 4.74 Å². The summed E-state index contributed by atoms with van der Waals surface area (Å²) in [6, 6.07) is 2.84. The largest absolute Gasteiger partial charge is 0.478 e. The van der Waals surface area contributed by atoms with Gasteiger partial charge in [0.05, 0.1) is 6.61 Å². The second kappa shape index (κ2) is 6.47. The van der Waals surface area contributed by atoms with Crippen LogP contribution in [0.1, 0.15) is 30.1 Å². The number of nitrogens with zero attached hydrogens (tertiary/aromatic N) is 1. The number of aromatic nitrogens is 1. The Kier molecular flexibility index (Phi) is 4.93. The van der Waals surface area contributed by atoms with Gasteiger partial charge in [-0.3, -0.25) is 5.32 Å². The van der Waals surface area contributed by atoms with E-state index in [0.29, 0.717) is 6.61 Å². The van der Waals surface area contributed by atoms with E-state index < -0.39 is 12.1 Å². The molecule has 0 atom stereocenters. The van der Waals surface area contributed by atoms with Crippen molar-refractivity contribution in [1.82, 2.24) is 4.98 Å². The summed E-state index contributed by atoms with van der Waals surface area (Å²) < 4.78 is 4.84. The first-order valence-electron chi connectivity index (χ1n) is 5.27. The number of hydrogen-bond acceptors (Lipinski definition) is 4. The number of ether oxygens (including phenoxy) is 1. The number of nitrogens with one attached hydrogen (secondary N) is 1. The second-order valence-corrected chi connectivity index (χ2v) is 3.32. The van der Waals surface area contributed by atoms with Gasteiger partial charge in [0.15, 0.2) is 0 Å². The van der Waals surface area contributed by atoms with Gasteiger partial charge in [-0.2, -0.15) is 0 Å². The van der Waals surface area contributed by atoms with Gasteiger partial charge in [0.1, 0.15) is 11.4 Å². The number of unbranched alkanes of at least 4 members (excludes halogenated alkanes) is 1. The van der Waals surface area contributed by atoms with Crippen LogP contribution in [0.5, 0.6) is 0 Å². The van der Waals surface area contributed by atoms with Crippen molar-refractivity contribution in [2.45, 2.75) is 19.8 Å². The van der Waals surface area contributed by atoms with Gasteiger partial charge in [0.2, 0.25) is 0 Å². The molecule has 0 spiro atoms. The lowest BCUT2D eigenvalue weighted by Crippen LogP contribution is -2.17. The number of rotatable bonds is 5. The number of pyridine rings is 1. The third-order valence-corrected chi connectivity index (χ3v) is 1.99. The monoisotopic (exact) mass is 238 g/mol. The molecule has 1 aromatic heterocycles. The zero-order valence-electron chi connectivity index (χ0n) is 9.47. The summed E-state index contributed by atoms with van der Waals surface area (Å²) in [5.74, 6) is -1.16. The average Bonchev–Trinajstić information content (AvgIpc) is 2.29. The maximum Gasteiger partial charge on any atom is 0.412 e. The number of amides is 1. The average molecular weight is 238 g/mol. The molecule has 0 fully saturated rings. The maximum absolute atomic E-state index is 11.3. The fourth-order valence-electron chi connectivity index (χ4n) is 1.12. The highest BCUT2D eigenvalue weighted by molar-refractivity contribution is 5.97. The molecule has 92 valence electrons. The van der Waals surface area contributed by atoms with Crippen molar-refractivity contribution in [2.75, 3.05) is 11.9 Å². The first-order valence-corrected chi connectivity index (χ1v) is 5.27. The first-order chi connectivity index (χ1) is 8.15. The molecule has 0 saturated heterocycles. The number of carbonyl (C=O) groups excluding carboxylic acids is 1. The van der Waals surface area contributed by atoms with E-state index in [0.717, 1.165) is 12.8 Å². The normalized spacial score (nSPS) is 9.71. The SMILES string of the molecule is CCCCOC(=O)Nc1ncccc1C(=O)O. The van der Waals surface area contributed by atoms with Gasteiger partial charge in [0.25, 0.3) is 0 Å². The van der Waals surface area contributed by atoms with Gasteiger partial charge in [-0.15, -0.1) is 0 Å². The summed E-state index contributed by atoms with van der Waals surface area (Å²) in [5.41, 5.74) is -0.0695. The molecule has 1 aromatic rings. The van der Waals surface area contributed by atoms with Gasteiger partial charge >= 0.3 is 12.1 Å². The highest BCUT2D eigenvalue weighted by Crippen LogP contribution is 2.11. The number of hydrogen-bond donors (Lipinski definition) is 2. The van der Waals surface area contributed by atoms with Gasteiger partial charge in [0, 0.05) is 6.20 Å². The lowest BCUT2D eigenvalue weighted by atomic mass is 10.2. The molecule has 0 aliphatic rings. The second-order valence-electron chi connectivity index (χ2n) is 3.32. The number of carboxylic acids is 1. The minimum atomic E-state index is -1.15. The molecule has 6 nitrogen and oxygen atoms in total. The first kappa shape index (κ1) is 13.0. The van der Waals surface area contributed by atoms with Crippen molar-refractivity contribution in [1.29, 1.82) is 0 Å². The van der Waals surface area contributed by atoms with Crippen molar-refractivity contribution in [2.24, 2.45) is 0 Å². The molecule has 0 unspecified atom stereocenters. The zero-order chi connectivity index (χ0) is 12.7. The quantitative estimate of drug-likeness (QED) is 0.767. The van der Waals surface area contributed by atoms with Crippen LogP contribution in [0, 0.1) is 0 Å². The predicted molar refractivity (Wildman–Crippen MR) is 61.1 cm³/mol. The van der Waals surface area contributed by atoms with Crippen molar-refractivity contribution >= 4 is 17.9 Å². The molecule has 17 heavy (non-hydrogen) atoms. The van der Waals surface area contributed by atoms with Crippen molar-refractivity contribution in [3.8, 4) is 0 Å². The number of carbonyl (C=O) groups is 2. The Morgan fingerprint density at radius 3 is 2.94 bits per heavy atom. The molecule has 0 aromatic carbocycles. The zero-order valence-corrected chi connectivity index (χ0v) is 9.47. The van der Waals surface area contributed by atoms with E-state index in [1.165, 1.54) is 18.3 Å². The van der Waals surface area contributed by atoms with Crippen LogP contribution in [0.4, 0.5) is 10.6 Å². The molecular weight excluding hydrogens is 224 g/mol. The van der Waals surface area contributed by atoms with Crippen LogP contribution >= 0.6 is 0 Å². The molecule has 0 bridgehead atoms. The molecule has 0 aliphatic carbocycles. The Balaban J connectivity index is 2.61. The molecule has 1 heterocycles. The molecule has 1 amide bonds. The molecule has 0 aliphatic heterocycles. The summed E-state index contributed by atoms with van der Waals surface area (Å²) >= 11 is 0. The summed E-state index contributed by atoms with van der Waals surface area (Å²) in [6.07, 6.45) is 2.38. The van der Waals surface area contributed by atoms with Crippen LogP contribution in [0.2, 0.25) is 0 Å². The molecule has 2 N–H and O–H groups in total. The van der Waals surface area contributed by atoms with Crippen LogP contribution in [0.3, 0.4) is 0 Å². The fraction of sp³-hybridized carbons (Fsp3) is 0.364. The Bertz CT molecular complexity index is 406. The number of anilines is 1. The topological polar surface area (TPSA) is 88.5 Å². The van der Waals surface area contributed by atoms with E-state index in [1.807, 2.05) is 6.92 Å². The van der Waals surface area contributed by atoms with Gasteiger partial charge in [-0.1, -0.05) is 13.3 Å².